The van der Waals surface area contributed by atoms with Gasteiger partial charge in [0.1, 0.15) is 19.3 Å². The first-order valence-corrected chi connectivity index (χ1v) is 45.6. The van der Waals surface area contributed by atoms with Crippen LogP contribution >= 0.6 is 15.6 Å². The third kappa shape index (κ3) is 76.1. The van der Waals surface area contributed by atoms with Gasteiger partial charge in [-0.05, 0) is 31.6 Å². The summed E-state index contributed by atoms with van der Waals surface area (Å²) in [5.41, 5.74) is 0. The number of phosphoric acid groups is 2. The molecule has 0 aromatic heterocycles. The summed E-state index contributed by atoms with van der Waals surface area (Å²) in [5, 5.41) is 10.6. The molecule has 0 rings (SSSR count). The lowest BCUT2D eigenvalue weighted by Crippen LogP contribution is -2.30. The summed E-state index contributed by atoms with van der Waals surface area (Å²) in [6, 6.07) is 0. The van der Waals surface area contributed by atoms with Crippen molar-refractivity contribution in [2.45, 2.75) is 457 Å². The molecule has 17 nitrogen and oxygen atoms in total. The normalized spacial score (nSPS) is 13.8. The SMILES string of the molecule is CCCCCCCCCCCCCCCCCCCCCCC(=O)O[C@H](COC(=O)CCCCCCCCCCCCCCCCCC)COP(=O)(O)OC[C@@H](O)COP(=O)(O)OC[C@@H](COC(=O)CCCCCCCCCC(C)C)OC(=O)CCCCCCCCCCCCCCCCC. The lowest BCUT2D eigenvalue weighted by Gasteiger charge is -2.21. The Hall–Kier alpha value is -1.94. The van der Waals surface area contributed by atoms with E-state index in [1.54, 1.807) is 0 Å². The minimum atomic E-state index is -4.96. The van der Waals surface area contributed by atoms with Crippen molar-refractivity contribution in [2.75, 3.05) is 39.6 Å². The van der Waals surface area contributed by atoms with E-state index in [2.05, 4.69) is 34.6 Å². The summed E-state index contributed by atoms with van der Waals surface area (Å²) in [6.07, 6.45) is 66.7. The number of aliphatic hydroxyl groups is 1. The van der Waals surface area contributed by atoms with Crippen molar-refractivity contribution in [3.8, 4) is 0 Å². The molecule has 0 bridgehead atoms. The highest BCUT2D eigenvalue weighted by molar-refractivity contribution is 7.47. The minimum Gasteiger partial charge on any atom is -0.462 e. The summed E-state index contributed by atoms with van der Waals surface area (Å²) in [7, 11) is -9.92. The van der Waals surface area contributed by atoms with Gasteiger partial charge < -0.3 is 33.8 Å². The maximum atomic E-state index is 13.1. The predicted molar refractivity (Wildman–Crippen MR) is 414 cm³/mol. The maximum Gasteiger partial charge on any atom is 0.472 e. The van der Waals surface area contributed by atoms with E-state index in [0.29, 0.717) is 31.6 Å². The van der Waals surface area contributed by atoms with Crippen molar-refractivity contribution in [1.82, 2.24) is 0 Å². The molecule has 0 fully saturated rings. The van der Waals surface area contributed by atoms with Crippen LogP contribution < -0.4 is 0 Å². The fourth-order valence-electron chi connectivity index (χ4n) is 12.8. The van der Waals surface area contributed by atoms with Crippen molar-refractivity contribution in [3.63, 3.8) is 0 Å². The number of rotatable bonds is 82. The van der Waals surface area contributed by atoms with Crippen molar-refractivity contribution < 1.29 is 80.2 Å². The second-order valence-corrected chi connectivity index (χ2v) is 32.9. The van der Waals surface area contributed by atoms with Gasteiger partial charge in [0.25, 0.3) is 0 Å². The van der Waals surface area contributed by atoms with Crippen LogP contribution in [0, 0.1) is 5.92 Å². The average Bonchev–Trinajstić information content (AvgIpc) is 1.08. The van der Waals surface area contributed by atoms with Gasteiger partial charge in [0.2, 0.25) is 0 Å². The van der Waals surface area contributed by atoms with Crippen LogP contribution in [0.5, 0.6) is 0 Å². The quantitative estimate of drug-likeness (QED) is 0.0222. The second kappa shape index (κ2) is 74.9. The molecule has 600 valence electrons. The number of ether oxygens (including phenoxy) is 4. The van der Waals surface area contributed by atoms with Crippen molar-refractivity contribution in [1.29, 1.82) is 0 Å². The van der Waals surface area contributed by atoms with Crippen LogP contribution in [0.25, 0.3) is 0 Å². The summed E-state index contributed by atoms with van der Waals surface area (Å²) >= 11 is 0. The van der Waals surface area contributed by atoms with Crippen LogP contribution in [-0.2, 0) is 65.4 Å². The van der Waals surface area contributed by atoms with E-state index in [9.17, 15) is 43.2 Å². The largest absolute Gasteiger partial charge is 0.472 e. The highest BCUT2D eigenvalue weighted by Crippen LogP contribution is 2.45. The van der Waals surface area contributed by atoms with E-state index in [0.717, 1.165) is 96.3 Å². The number of hydrogen-bond donors (Lipinski definition) is 3. The topological polar surface area (TPSA) is 237 Å². The number of phosphoric ester groups is 2. The first-order valence-electron chi connectivity index (χ1n) is 42.6. The van der Waals surface area contributed by atoms with Crippen LogP contribution in [-0.4, -0.2) is 96.7 Å². The van der Waals surface area contributed by atoms with Crippen LogP contribution in [0.1, 0.15) is 439 Å². The standard InChI is InChI=1S/C82H160O17P2/c1-6-9-12-15-18-21-24-27-30-32-33-34-35-38-41-44-47-52-58-63-68-81(86)98-77(71-92-79(84)65-60-55-50-45-42-39-37-31-28-25-22-19-16-13-10-7-2)73-96-100(88,89)94-69-76(83)70-95-101(90,91)97-74-78(72-93-80(85)66-61-56-53-48-49-54-59-64-75(4)5)99-82(87)67-62-57-51-46-43-40-36-29-26-23-20-17-14-11-8-3/h75-78,83H,6-74H2,1-5H3,(H,88,89)(H,90,91)/t76-,77-,78-/m1/s1. The Morgan fingerprint density at radius 2 is 0.455 bits per heavy atom. The molecule has 0 heterocycles. The van der Waals surface area contributed by atoms with E-state index in [1.807, 2.05) is 0 Å². The van der Waals surface area contributed by atoms with Crippen molar-refractivity contribution >= 4 is 39.5 Å². The zero-order valence-corrected chi connectivity index (χ0v) is 67.8. The molecule has 0 aliphatic rings. The van der Waals surface area contributed by atoms with Gasteiger partial charge in [0.05, 0.1) is 26.4 Å². The first-order chi connectivity index (χ1) is 49.0. The third-order valence-electron chi connectivity index (χ3n) is 19.3. The Balaban J connectivity index is 5.23. The number of aliphatic hydroxyl groups excluding tert-OH is 1. The summed E-state index contributed by atoms with van der Waals surface area (Å²) in [4.78, 5) is 73.1. The molecule has 0 aromatic carbocycles. The second-order valence-electron chi connectivity index (χ2n) is 30.0. The lowest BCUT2D eigenvalue weighted by molar-refractivity contribution is -0.161. The fourth-order valence-corrected chi connectivity index (χ4v) is 14.3. The highest BCUT2D eigenvalue weighted by atomic mass is 31.2. The van der Waals surface area contributed by atoms with Crippen LogP contribution in [0.15, 0.2) is 0 Å². The van der Waals surface area contributed by atoms with Crippen LogP contribution in [0.3, 0.4) is 0 Å². The Morgan fingerprint density at radius 3 is 0.673 bits per heavy atom. The van der Waals surface area contributed by atoms with Gasteiger partial charge in [-0.25, -0.2) is 9.13 Å². The Morgan fingerprint density at radius 1 is 0.267 bits per heavy atom. The van der Waals surface area contributed by atoms with Gasteiger partial charge in [-0.15, -0.1) is 0 Å². The fraction of sp³-hybridized carbons (Fsp3) is 0.951. The molecule has 19 heteroatoms. The molecular weight excluding hydrogens is 1320 g/mol. The van der Waals surface area contributed by atoms with Gasteiger partial charge in [0, 0.05) is 25.7 Å². The van der Waals surface area contributed by atoms with Crippen LogP contribution in [0.4, 0.5) is 0 Å². The van der Waals surface area contributed by atoms with E-state index in [-0.39, 0.29) is 25.7 Å². The van der Waals surface area contributed by atoms with Crippen molar-refractivity contribution in [3.05, 3.63) is 0 Å². The molecule has 0 saturated heterocycles. The molecule has 101 heavy (non-hydrogen) atoms. The van der Waals surface area contributed by atoms with Gasteiger partial charge >= 0.3 is 39.5 Å². The average molecular weight is 1480 g/mol. The van der Waals surface area contributed by atoms with E-state index in [1.165, 1.54) is 257 Å². The molecule has 3 N–H and O–H groups in total. The molecule has 0 amide bonds. The highest BCUT2D eigenvalue weighted by Gasteiger charge is 2.30. The Kier molecular flexibility index (Phi) is 73.5. The minimum absolute atomic E-state index is 0.108. The van der Waals surface area contributed by atoms with E-state index >= 15 is 0 Å². The molecule has 0 radical (unpaired) electrons. The summed E-state index contributed by atoms with van der Waals surface area (Å²) < 4.78 is 68.8. The molecule has 5 atom stereocenters. The van der Waals surface area contributed by atoms with Crippen LogP contribution in [0.2, 0.25) is 0 Å². The van der Waals surface area contributed by atoms with Gasteiger partial charge in [-0.1, -0.05) is 388 Å². The lowest BCUT2D eigenvalue weighted by atomic mass is 10.0. The maximum absolute atomic E-state index is 13.1. The smallest absolute Gasteiger partial charge is 0.462 e. The molecule has 0 aliphatic heterocycles. The Labute approximate surface area is 619 Å². The zero-order valence-electron chi connectivity index (χ0n) is 66.1. The molecule has 2 unspecified atom stereocenters. The van der Waals surface area contributed by atoms with Crippen molar-refractivity contribution in [2.24, 2.45) is 5.92 Å². The molecule has 0 aromatic rings. The van der Waals surface area contributed by atoms with Gasteiger partial charge in [-0.2, -0.15) is 0 Å². The molecule has 0 saturated carbocycles. The van der Waals surface area contributed by atoms with Gasteiger partial charge in [-0.3, -0.25) is 37.3 Å². The van der Waals surface area contributed by atoms with Gasteiger partial charge in [0.15, 0.2) is 12.2 Å². The number of hydrogen-bond acceptors (Lipinski definition) is 15. The molecule has 0 aliphatic carbocycles. The number of unbranched alkanes of at least 4 members (excludes halogenated alkanes) is 54. The molecular formula is C82H160O17P2. The number of carbonyl (C=O) groups excluding carboxylic acids is 4. The van der Waals surface area contributed by atoms with E-state index in [4.69, 9.17) is 37.0 Å². The molecule has 0 spiro atoms. The summed E-state index contributed by atoms with van der Waals surface area (Å²) in [5.74, 6) is -1.40. The number of carbonyl (C=O) groups is 4. The number of esters is 4. The first kappa shape index (κ1) is 99.1. The third-order valence-corrected chi connectivity index (χ3v) is 21.2. The van der Waals surface area contributed by atoms with E-state index < -0.39 is 97.5 Å². The predicted octanol–water partition coefficient (Wildman–Crippen LogP) is 24.8. The summed E-state index contributed by atoms with van der Waals surface area (Å²) in [6.45, 7) is 7.29. The Bertz CT molecular complexity index is 1930. The monoisotopic (exact) mass is 1480 g/mol. The zero-order chi connectivity index (χ0) is 74.1.